The van der Waals surface area contributed by atoms with Gasteiger partial charge in [-0.15, -0.1) is 10.2 Å². The number of tetrazole rings is 1. The Hall–Kier alpha value is -3.11. The normalized spacial score (nSPS) is 11.7. The maximum atomic E-state index is 12.9. The van der Waals surface area contributed by atoms with Crippen LogP contribution in [-0.2, 0) is 21.4 Å². The van der Waals surface area contributed by atoms with E-state index < -0.39 is 10.0 Å². The Morgan fingerprint density at radius 1 is 1.09 bits per heavy atom. The Labute approximate surface area is 194 Å². The van der Waals surface area contributed by atoms with E-state index in [1.54, 1.807) is 26.0 Å². The topological polar surface area (TPSA) is 110 Å². The second kappa shape index (κ2) is 10.7. The summed E-state index contributed by atoms with van der Waals surface area (Å²) in [5, 5.41) is 15.3. The van der Waals surface area contributed by atoms with Gasteiger partial charge >= 0.3 is 0 Å². The number of carbonyl (C=O) groups excluding carboxylic acids is 1. The fourth-order valence-corrected chi connectivity index (χ4v) is 5.02. The maximum Gasteiger partial charge on any atom is 0.243 e. The molecule has 2 aromatic carbocycles. The van der Waals surface area contributed by atoms with Gasteiger partial charge in [-0.2, -0.15) is 9.10 Å². The molecule has 0 aliphatic rings. The molecule has 1 amide bonds. The van der Waals surface area contributed by atoms with Gasteiger partial charge in [0, 0.05) is 30.8 Å². The number of hydrogen-bond acceptors (Lipinski definition) is 6. The molecule has 0 spiro atoms. The van der Waals surface area contributed by atoms with Crippen molar-refractivity contribution in [3.63, 3.8) is 0 Å². The monoisotopic (exact) mass is 470 g/mol. The number of aromatic nitrogens is 4. The molecule has 0 bridgehead atoms. The van der Waals surface area contributed by atoms with Crippen LogP contribution >= 0.6 is 0 Å². The van der Waals surface area contributed by atoms with E-state index in [-0.39, 0.29) is 17.2 Å². The molecule has 0 saturated heterocycles. The van der Waals surface area contributed by atoms with E-state index in [2.05, 4.69) is 20.7 Å². The predicted molar refractivity (Wildman–Crippen MR) is 127 cm³/mol. The summed E-state index contributed by atoms with van der Waals surface area (Å²) in [5.74, 6) is 0.343. The number of aryl methyl sites for hydroxylation is 2. The Balaban J connectivity index is 1.63. The summed E-state index contributed by atoms with van der Waals surface area (Å²) in [6.07, 6.45) is 0.764. The van der Waals surface area contributed by atoms with Gasteiger partial charge in [-0.25, -0.2) is 8.42 Å². The minimum Gasteiger partial charge on any atom is -0.326 e. The van der Waals surface area contributed by atoms with Crippen LogP contribution in [0.15, 0.2) is 47.4 Å². The number of sulfonamides is 1. The molecule has 10 heteroatoms. The molecule has 3 aromatic rings. The Morgan fingerprint density at radius 3 is 2.45 bits per heavy atom. The van der Waals surface area contributed by atoms with E-state index in [1.165, 1.54) is 9.10 Å². The largest absolute Gasteiger partial charge is 0.326 e. The van der Waals surface area contributed by atoms with Crippen LogP contribution < -0.4 is 5.32 Å². The molecule has 0 radical (unpaired) electrons. The first kappa shape index (κ1) is 24.5. The van der Waals surface area contributed by atoms with E-state index in [4.69, 9.17) is 0 Å². The molecule has 9 nitrogen and oxygen atoms in total. The first-order valence-corrected chi connectivity index (χ1v) is 12.4. The Kier molecular flexibility index (Phi) is 7.93. The van der Waals surface area contributed by atoms with Crippen LogP contribution in [0.2, 0.25) is 0 Å². The lowest BCUT2D eigenvalue weighted by Gasteiger charge is -2.20. The fourth-order valence-electron chi connectivity index (χ4n) is 3.45. The first-order chi connectivity index (χ1) is 15.8. The minimum absolute atomic E-state index is 0.185. The molecule has 0 unspecified atom stereocenters. The van der Waals surface area contributed by atoms with Crippen molar-refractivity contribution < 1.29 is 13.2 Å². The number of nitrogens with one attached hydrogen (secondary N) is 1. The highest BCUT2D eigenvalue weighted by Crippen LogP contribution is 2.26. The zero-order valence-electron chi connectivity index (χ0n) is 19.4. The van der Waals surface area contributed by atoms with Gasteiger partial charge in [0.25, 0.3) is 0 Å². The molecule has 0 atom stereocenters. The summed E-state index contributed by atoms with van der Waals surface area (Å²) in [6.45, 7) is 8.53. The summed E-state index contributed by atoms with van der Waals surface area (Å²) in [7, 11) is -3.62. The van der Waals surface area contributed by atoms with Gasteiger partial charge in [0.1, 0.15) is 0 Å². The van der Waals surface area contributed by atoms with Gasteiger partial charge in [-0.1, -0.05) is 44.2 Å². The summed E-state index contributed by atoms with van der Waals surface area (Å²) in [6, 6.07) is 12.8. The Morgan fingerprint density at radius 2 is 1.79 bits per heavy atom. The number of benzene rings is 2. The number of amides is 1. The van der Waals surface area contributed by atoms with Crippen LogP contribution in [0.3, 0.4) is 0 Å². The summed E-state index contributed by atoms with van der Waals surface area (Å²) < 4.78 is 27.2. The van der Waals surface area contributed by atoms with Crippen LogP contribution in [0.5, 0.6) is 0 Å². The fraction of sp³-hybridized carbons (Fsp3) is 0.391. The zero-order chi connectivity index (χ0) is 24.0. The molecule has 0 aliphatic carbocycles. The van der Waals surface area contributed by atoms with E-state index in [0.29, 0.717) is 37.6 Å². The van der Waals surface area contributed by atoms with Gasteiger partial charge in [0.2, 0.25) is 21.8 Å². The number of nitrogens with zero attached hydrogens (tertiary/aromatic N) is 5. The molecule has 3 rings (SSSR count). The average molecular weight is 471 g/mol. The molecule has 1 heterocycles. The van der Waals surface area contributed by atoms with Crippen molar-refractivity contribution in [1.29, 1.82) is 0 Å². The molecule has 0 saturated carbocycles. The van der Waals surface area contributed by atoms with Gasteiger partial charge in [0.15, 0.2) is 0 Å². The van der Waals surface area contributed by atoms with Crippen LogP contribution in [-0.4, -0.2) is 51.9 Å². The van der Waals surface area contributed by atoms with E-state index >= 15 is 0 Å². The third-order valence-corrected chi connectivity index (χ3v) is 7.53. The number of carbonyl (C=O) groups is 1. The molecule has 1 aromatic heterocycles. The quantitative estimate of drug-likeness (QED) is 0.486. The van der Waals surface area contributed by atoms with Crippen LogP contribution in [0, 0.1) is 13.8 Å². The minimum atomic E-state index is -3.62. The van der Waals surface area contributed by atoms with Crippen molar-refractivity contribution in [2.75, 3.05) is 18.4 Å². The number of rotatable bonds is 10. The second-order valence-electron chi connectivity index (χ2n) is 7.73. The average Bonchev–Trinajstić information content (AvgIpc) is 3.27. The highest BCUT2D eigenvalue weighted by atomic mass is 32.2. The standard InChI is InChI=1S/C23H30N6O3S/c1-5-28(6-2)33(31,32)20-15-17(3)18(4)21(16-20)24-22(30)13-10-14-29-26-23(25-27-29)19-11-8-7-9-12-19/h7-9,11-12,15-16H,5-6,10,13-14H2,1-4H3,(H,24,30). The van der Waals surface area contributed by atoms with Crippen LogP contribution in [0.25, 0.3) is 11.4 Å². The highest BCUT2D eigenvalue weighted by Gasteiger charge is 2.23. The van der Waals surface area contributed by atoms with Crippen molar-refractivity contribution in [1.82, 2.24) is 24.5 Å². The molecular weight excluding hydrogens is 440 g/mol. The highest BCUT2D eigenvalue weighted by molar-refractivity contribution is 7.89. The van der Waals surface area contributed by atoms with Crippen LogP contribution in [0.4, 0.5) is 5.69 Å². The summed E-state index contributed by atoms with van der Waals surface area (Å²) in [5.41, 5.74) is 3.04. The van der Waals surface area contributed by atoms with Crippen molar-refractivity contribution in [2.45, 2.75) is 52.0 Å². The third-order valence-electron chi connectivity index (χ3n) is 5.50. The maximum absolute atomic E-state index is 12.9. The van der Waals surface area contributed by atoms with Crippen molar-refractivity contribution >= 4 is 21.6 Å². The lowest BCUT2D eigenvalue weighted by Crippen LogP contribution is -2.30. The van der Waals surface area contributed by atoms with E-state index in [0.717, 1.165) is 16.7 Å². The molecule has 1 N–H and O–H groups in total. The third kappa shape index (κ3) is 5.82. The Bertz CT molecular complexity index is 1200. The molecule has 33 heavy (non-hydrogen) atoms. The van der Waals surface area contributed by atoms with Crippen molar-refractivity contribution in [3.8, 4) is 11.4 Å². The summed E-state index contributed by atoms with van der Waals surface area (Å²) in [4.78, 5) is 14.2. The van der Waals surface area contributed by atoms with Crippen molar-refractivity contribution in [3.05, 3.63) is 53.6 Å². The SMILES string of the molecule is CCN(CC)S(=O)(=O)c1cc(C)c(C)c(NC(=O)CCCn2nnc(-c3ccccc3)n2)c1. The van der Waals surface area contributed by atoms with Gasteiger partial charge in [-0.3, -0.25) is 4.79 Å². The second-order valence-corrected chi connectivity index (χ2v) is 9.67. The smallest absolute Gasteiger partial charge is 0.243 e. The molecule has 0 fully saturated rings. The predicted octanol–water partition coefficient (Wildman–Crippen LogP) is 3.41. The van der Waals surface area contributed by atoms with Crippen molar-refractivity contribution in [2.24, 2.45) is 0 Å². The summed E-state index contributed by atoms with van der Waals surface area (Å²) >= 11 is 0. The lowest BCUT2D eigenvalue weighted by molar-refractivity contribution is -0.116. The molecule has 176 valence electrons. The van der Waals surface area contributed by atoms with Gasteiger partial charge < -0.3 is 5.32 Å². The van der Waals surface area contributed by atoms with Gasteiger partial charge in [0.05, 0.1) is 11.4 Å². The van der Waals surface area contributed by atoms with Crippen LogP contribution in [0.1, 0.15) is 37.8 Å². The molecule has 0 aliphatic heterocycles. The number of anilines is 1. The number of hydrogen-bond donors (Lipinski definition) is 1. The zero-order valence-corrected chi connectivity index (χ0v) is 20.3. The van der Waals surface area contributed by atoms with Gasteiger partial charge in [-0.05, 0) is 48.7 Å². The van der Waals surface area contributed by atoms with E-state index in [9.17, 15) is 13.2 Å². The first-order valence-electron chi connectivity index (χ1n) is 11.0. The lowest BCUT2D eigenvalue weighted by atomic mass is 10.1. The van der Waals surface area contributed by atoms with E-state index in [1.807, 2.05) is 44.2 Å². The molecular formula is C23H30N6O3S.